The van der Waals surface area contributed by atoms with Gasteiger partial charge in [0.1, 0.15) is 0 Å². The number of hydrogen-bond acceptors (Lipinski definition) is 3. The first-order valence-electron chi connectivity index (χ1n) is 7.57. The molecule has 1 amide bonds. The van der Waals surface area contributed by atoms with Gasteiger partial charge in [0.05, 0.1) is 0 Å². The second-order valence-electron chi connectivity index (χ2n) is 5.91. The number of halogens is 1. The Morgan fingerprint density at radius 2 is 2.14 bits per heavy atom. The molecule has 0 bridgehead atoms. The van der Waals surface area contributed by atoms with Crippen LogP contribution in [0.5, 0.6) is 0 Å². The predicted octanol–water partition coefficient (Wildman–Crippen LogP) is 2.26. The molecule has 1 heterocycles. The van der Waals surface area contributed by atoms with Crippen molar-refractivity contribution < 1.29 is 4.79 Å². The van der Waals surface area contributed by atoms with Crippen LogP contribution in [0, 0.1) is 5.92 Å². The van der Waals surface area contributed by atoms with Crippen LogP contribution in [0.25, 0.3) is 0 Å². The van der Waals surface area contributed by atoms with Crippen LogP contribution in [0.1, 0.15) is 35.7 Å². The molecule has 116 valence electrons. The van der Waals surface area contributed by atoms with Crippen LogP contribution in [0.15, 0.2) is 18.2 Å². The number of nitrogens with zero attached hydrogens (tertiary/aromatic N) is 1. The third-order valence-electron chi connectivity index (χ3n) is 3.91. The number of rotatable bonds is 7. The van der Waals surface area contributed by atoms with Crippen LogP contribution >= 0.6 is 11.6 Å². The summed E-state index contributed by atoms with van der Waals surface area (Å²) in [5.74, 6) is 0.169. The van der Waals surface area contributed by atoms with Crippen molar-refractivity contribution >= 4 is 17.5 Å². The highest BCUT2D eigenvalue weighted by Gasteiger charge is 2.14. The first-order chi connectivity index (χ1) is 10.1. The molecule has 1 aliphatic rings. The van der Waals surface area contributed by atoms with Crippen molar-refractivity contribution in [3.63, 3.8) is 0 Å². The molecule has 0 aromatic heterocycles. The van der Waals surface area contributed by atoms with Gasteiger partial charge in [0.15, 0.2) is 0 Å². The molecule has 1 atom stereocenters. The van der Waals surface area contributed by atoms with E-state index in [2.05, 4.69) is 17.1 Å². The van der Waals surface area contributed by atoms with Crippen molar-refractivity contribution in [3.8, 4) is 0 Å². The van der Waals surface area contributed by atoms with E-state index in [1.165, 1.54) is 25.9 Å². The molecule has 4 nitrogen and oxygen atoms in total. The summed E-state index contributed by atoms with van der Waals surface area (Å²) in [6, 6.07) is 5.22. The summed E-state index contributed by atoms with van der Waals surface area (Å²) in [7, 11) is 0. The number of nitrogens with one attached hydrogen (secondary N) is 1. The third kappa shape index (κ3) is 4.99. The number of carbonyl (C=O) groups excluding carboxylic acids is 1. The summed E-state index contributed by atoms with van der Waals surface area (Å²) in [6.45, 7) is 7.58. The number of benzene rings is 1. The molecule has 3 N–H and O–H groups in total. The molecule has 1 aliphatic heterocycles. The zero-order valence-electron chi connectivity index (χ0n) is 12.6. The Morgan fingerprint density at radius 3 is 2.76 bits per heavy atom. The first kappa shape index (κ1) is 16.3. The Morgan fingerprint density at radius 1 is 1.43 bits per heavy atom. The van der Waals surface area contributed by atoms with Crippen LogP contribution < -0.4 is 11.1 Å². The molecule has 0 spiro atoms. The number of carbonyl (C=O) groups is 1. The minimum atomic E-state index is -0.448. The monoisotopic (exact) mass is 309 g/mol. The van der Waals surface area contributed by atoms with Crippen molar-refractivity contribution in [1.29, 1.82) is 0 Å². The molecule has 2 rings (SSSR count). The maximum atomic E-state index is 11.1. The average Bonchev–Trinajstić information content (AvgIpc) is 2.93. The van der Waals surface area contributed by atoms with Crippen LogP contribution in [-0.2, 0) is 6.54 Å². The van der Waals surface area contributed by atoms with Crippen molar-refractivity contribution in [1.82, 2.24) is 10.2 Å². The molecule has 0 radical (unpaired) electrons. The second-order valence-corrected chi connectivity index (χ2v) is 6.32. The van der Waals surface area contributed by atoms with E-state index in [9.17, 15) is 4.79 Å². The van der Waals surface area contributed by atoms with Gasteiger partial charge in [0.25, 0.3) is 0 Å². The Balaban J connectivity index is 1.76. The molecule has 1 fully saturated rings. The van der Waals surface area contributed by atoms with Crippen LogP contribution in [0.2, 0.25) is 5.02 Å². The van der Waals surface area contributed by atoms with Crippen molar-refractivity contribution in [2.75, 3.05) is 26.2 Å². The van der Waals surface area contributed by atoms with Gasteiger partial charge in [-0.1, -0.05) is 24.6 Å². The number of nitrogens with two attached hydrogens (primary N) is 1. The fourth-order valence-corrected chi connectivity index (χ4v) is 3.02. The van der Waals surface area contributed by atoms with Crippen molar-refractivity contribution in [2.45, 2.75) is 26.3 Å². The molecule has 1 unspecified atom stereocenters. The van der Waals surface area contributed by atoms with Gasteiger partial charge in [0, 0.05) is 23.7 Å². The topological polar surface area (TPSA) is 58.4 Å². The van der Waals surface area contributed by atoms with Gasteiger partial charge in [0.2, 0.25) is 5.91 Å². The van der Waals surface area contributed by atoms with E-state index < -0.39 is 5.91 Å². The van der Waals surface area contributed by atoms with E-state index >= 15 is 0 Å². The lowest BCUT2D eigenvalue weighted by Crippen LogP contribution is -2.31. The van der Waals surface area contributed by atoms with E-state index in [1.807, 2.05) is 6.07 Å². The lowest BCUT2D eigenvalue weighted by molar-refractivity contribution is 0.100. The van der Waals surface area contributed by atoms with Crippen LogP contribution in [0.4, 0.5) is 0 Å². The molecule has 1 aromatic carbocycles. The first-order valence-corrected chi connectivity index (χ1v) is 7.95. The molecule has 21 heavy (non-hydrogen) atoms. The molecule has 0 aliphatic carbocycles. The number of primary amides is 1. The predicted molar refractivity (Wildman–Crippen MR) is 86.5 cm³/mol. The van der Waals surface area contributed by atoms with Gasteiger partial charge in [-0.05, 0) is 56.1 Å². The average molecular weight is 310 g/mol. The molecular formula is C16H24ClN3O. The lowest BCUT2D eigenvalue weighted by atomic mass is 10.1. The third-order valence-corrected chi connectivity index (χ3v) is 4.27. The minimum absolute atomic E-state index is 0.448. The van der Waals surface area contributed by atoms with Crippen molar-refractivity contribution in [3.05, 3.63) is 34.3 Å². The smallest absolute Gasteiger partial charge is 0.248 e. The Hall–Kier alpha value is -1.10. The van der Waals surface area contributed by atoms with E-state index in [4.69, 9.17) is 17.3 Å². The van der Waals surface area contributed by atoms with E-state index in [0.29, 0.717) is 23.0 Å². The highest BCUT2D eigenvalue weighted by Crippen LogP contribution is 2.18. The fourth-order valence-electron chi connectivity index (χ4n) is 2.77. The maximum Gasteiger partial charge on any atom is 0.248 e. The minimum Gasteiger partial charge on any atom is -0.366 e. The van der Waals surface area contributed by atoms with E-state index in [1.54, 1.807) is 12.1 Å². The Bertz CT molecular complexity index is 486. The summed E-state index contributed by atoms with van der Waals surface area (Å²) in [5, 5.41) is 4.03. The molecule has 0 saturated carbocycles. The van der Waals surface area contributed by atoms with Crippen LogP contribution in [0.3, 0.4) is 0 Å². The van der Waals surface area contributed by atoms with E-state index in [0.717, 1.165) is 18.7 Å². The summed E-state index contributed by atoms with van der Waals surface area (Å²) in [4.78, 5) is 13.6. The van der Waals surface area contributed by atoms with Gasteiger partial charge in [-0.25, -0.2) is 0 Å². The summed E-state index contributed by atoms with van der Waals surface area (Å²) >= 11 is 6.17. The van der Waals surface area contributed by atoms with Gasteiger partial charge in [-0.2, -0.15) is 0 Å². The largest absolute Gasteiger partial charge is 0.366 e. The van der Waals surface area contributed by atoms with Gasteiger partial charge < -0.3 is 16.0 Å². The molecule has 1 saturated heterocycles. The van der Waals surface area contributed by atoms with Gasteiger partial charge in [-0.3, -0.25) is 4.79 Å². The Labute approximate surface area is 131 Å². The van der Waals surface area contributed by atoms with Gasteiger partial charge >= 0.3 is 0 Å². The van der Waals surface area contributed by atoms with Crippen molar-refractivity contribution in [2.24, 2.45) is 11.7 Å². The second kappa shape index (κ2) is 7.78. The summed E-state index contributed by atoms with van der Waals surface area (Å²) in [5.41, 5.74) is 6.68. The zero-order chi connectivity index (χ0) is 15.2. The lowest BCUT2D eigenvalue weighted by Gasteiger charge is -2.20. The summed E-state index contributed by atoms with van der Waals surface area (Å²) < 4.78 is 0. The van der Waals surface area contributed by atoms with Gasteiger partial charge in [-0.15, -0.1) is 0 Å². The van der Waals surface area contributed by atoms with Crippen LogP contribution in [-0.4, -0.2) is 37.0 Å². The maximum absolute atomic E-state index is 11.1. The molecular weight excluding hydrogens is 286 g/mol. The van der Waals surface area contributed by atoms with E-state index in [-0.39, 0.29) is 0 Å². The normalized spacial score (nSPS) is 17.0. The quantitative estimate of drug-likeness (QED) is 0.812. The molecule has 5 heteroatoms. The SMILES string of the molecule is CC(CNCc1ccc(C(N)=O)cc1Cl)CN1CCCC1. The highest BCUT2D eigenvalue weighted by molar-refractivity contribution is 6.31. The Kier molecular flexibility index (Phi) is 6.03. The standard InChI is InChI=1S/C16H24ClN3O/c1-12(11-20-6-2-3-7-20)9-19-10-14-5-4-13(16(18)21)8-15(14)17/h4-5,8,12,19H,2-3,6-7,9-11H2,1H3,(H2,18,21). The number of hydrogen-bond donors (Lipinski definition) is 2. The molecule has 1 aromatic rings. The highest BCUT2D eigenvalue weighted by atomic mass is 35.5. The number of amides is 1. The zero-order valence-corrected chi connectivity index (χ0v) is 13.3. The number of likely N-dealkylation sites (tertiary alicyclic amines) is 1. The fraction of sp³-hybridized carbons (Fsp3) is 0.562. The summed E-state index contributed by atoms with van der Waals surface area (Å²) in [6.07, 6.45) is 2.67.